The first-order valence-electron chi connectivity index (χ1n) is 9.54. The van der Waals surface area contributed by atoms with E-state index in [1.807, 2.05) is 13.0 Å². The van der Waals surface area contributed by atoms with E-state index in [1.54, 1.807) is 6.08 Å². The summed E-state index contributed by atoms with van der Waals surface area (Å²) in [4.78, 5) is 12.3. The molecule has 1 amide bonds. The van der Waals surface area contributed by atoms with E-state index in [2.05, 4.69) is 68.6 Å². The second kappa shape index (κ2) is 7.49. The standard InChI is InChI=1S/C24H29NO/c1-17(20-12-11-19-6-5-7-21(19)16-20)25-23(26)15-10-18-8-13-22(14-9-18)24(2,3)4/h8-17H,5-7H2,1-4H3,(H,25,26)/b15-10+. The summed E-state index contributed by atoms with van der Waals surface area (Å²) in [5.74, 6) is -0.0575. The maximum Gasteiger partial charge on any atom is 0.244 e. The Balaban J connectivity index is 1.60. The molecule has 1 unspecified atom stereocenters. The van der Waals surface area contributed by atoms with Gasteiger partial charge in [-0.15, -0.1) is 0 Å². The molecule has 0 saturated heterocycles. The van der Waals surface area contributed by atoms with Crippen LogP contribution in [-0.2, 0) is 23.1 Å². The first-order chi connectivity index (χ1) is 12.3. The van der Waals surface area contributed by atoms with Gasteiger partial charge in [-0.25, -0.2) is 0 Å². The van der Waals surface area contributed by atoms with Gasteiger partial charge in [0.2, 0.25) is 5.91 Å². The molecule has 0 saturated carbocycles. The van der Waals surface area contributed by atoms with E-state index in [1.165, 1.54) is 35.1 Å². The largest absolute Gasteiger partial charge is 0.346 e. The number of amides is 1. The minimum absolute atomic E-state index is 0.0151. The summed E-state index contributed by atoms with van der Waals surface area (Å²) >= 11 is 0. The molecule has 1 atom stereocenters. The average Bonchev–Trinajstić information content (AvgIpc) is 3.07. The molecule has 1 aliphatic rings. The van der Waals surface area contributed by atoms with Crippen LogP contribution in [0.4, 0.5) is 0 Å². The van der Waals surface area contributed by atoms with Crippen molar-refractivity contribution >= 4 is 12.0 Å². The average molecular weight is 348 g/mol. The van der Waals surface area contributed by atoms with Crippen LogP contribution in [0.15, 0.2) is 48.5 Å². The lowest BCUT2D eigenvalue weighted by Gasteiger charge is -2.18. The van der Waals surface area contributed by atoms with Crippen LogP contribution in [0.25, 0.3) is 6.08 Å². The van der Waals surface area contributed by atoms with Crippen LogP contribution in [0.2, 0.25) is 0 Å². The highest BCUT2D eigenvalue weighted by molar-refractivity contribution is 5.92. The first-order valence-corrected chi connectivity index (χ1v) is 9.54. The number of fused-ring (bicyclic) bond motifs is 1. The normalized spacial score (nSPS) is 15.1. The Labute approximate surface area is 157 Å². The summed E-state index contributed by atoms with van der Waals surface area (Å²) in [5.41, 5.74) is 6.57. The molecule has 0 spiro atoms. The third-order valence-corrected chi connectivity index (χ3v) is 5.19. The van der Waals surface area contributed by atoms with Gasteiger partial charge in [0.25, 0.3) is 0 Å². The van der Waals surface area contributed by atoms with Gasteiger partial charge >= 0.3 is 0 Å². The molecule has 0 bridgehead atoms. The molecule has 26 heavy (non-hydrogen) atoms. The van der Waals surface area contributed by atoms with E-state index < -0.39 is 0 Å². The van der Waals surface area contributed by atoms with Crippen LogP contribution >= 0.6 is 0 Å². The predicted molar refractivity (Wildman–Crippen MR) is 109 cm³/mol. The van der Waals surface area contributed by atoms with Gasteiger partial charge in [-0.05, 0) is 65.5 Å². The zero-order valence-corrected chi connectivity index (χ0v) is 16.3. The summed E-state index contributed by atoms with van der Waals surface area (Å²) in [6, 6.07) is 15.0. The molecule has 136 valence electrons. The van der Waals surface area contributed by atoms with Crippen LogP contribution in [0, 0.1) is 0 Å². The van der Waals surface area contributed by atoms with Gasteiger partial charge in [-0.2, -0.15) is 0 Å². The van der Waals surface area contributed by atoms with Crippen molar-refractivity contribution in [1.82, 2.24) is 5.32 Å². The summed E-state index contributed by atoms with van der Waals surface area (Å²) < 4.78 is 0. The molecular weight excluding hydrogens is 318 g/mol. The fraction of sp³-hybridized carbons (Fsp3) is 0.375. The zero-order chi connectivity index (χ0) is 18.7. The number of carbonyl (C=O) groups excluding carboxylic acids is 1. The van der Waals surface area contributed by atoms with Crippen molar-refractivity contribution in [1.29, 1.82) is 0 Å². The lowest BCUT2D eigenvalue weighted by molar-refractivity contribution is -0.117. The van der Waals surface area contributed by atoms with Gasteiger partial charge in [-0.3, -0.25) is 4.79 Å². The lowest BCUT2D eigenvalue weighted by Crippen LogP contribution is -2.24. The predicted octanol–water partition coefficient (Wildman–Crippen LogP) is 5.36. The Kier molecular flexibility index (Phi) is 5.31. The summed E-state index contributed by atoms with van der Waals surface area (Å²) in [5, 5.41) is 3.07. The van der Waals surface area contributed by atoms with Crippen LogP contribution in [0.3, 0.4) is 0 Å². The van der Waals surface area contributed by atoms with E-state index in [-0.39, 0.29) is 17.4 Å². The number of carbonyl (C=O) groups is 1. The van der Waals surface area contributed by atoms with Crippen molar-refractivity contribution in [3.63, 3.8) is 0 Å². The van der Waals surface area contributed by atoms with Gasteiger partial charge < -0.3 is 5.32 Å². The Morgan fingerprint density at radius 3 is 2.42 bits per heavy atom. The molecule has 2 nitrogen and oxygen atoms in total. The molecule has 2 aromatic carbocycles. The maximum atomic E-state index is 12.3. The van der Waals surface area contributed by atoms with Crippen molar-refractivity contribution in [2.45, 2.75) is 58.4 Å². The smallest absolute Gasteiger partial charge is 0.244 e. The number of benzene rings is 2. The minimum Gasteiger partial charge on any atom is -0.346 e. The topological polar surface area (TPSA) is 29.1 Å². The molecule has 0 aromatic heterocycles. The van der Waals surface area contributed by atoms with Crippen LogP contribution in [0.5, 0.6) is 0 Å². The van der Waals surface area contributed by atoms with Crippen molar-refractivity contribution < 1.29 is 4.79 Å². The van der Waals surface area contributed by atoms with E-state index >= 15 is 0 Å². The molecule has 2 heteroatoms. The Morgan fingerprint density at radius 2 is 1.73 bits per heavy atom. The quantitative estimate of drug-likeness (QED) is 0.741. The Morgan fingerprint density at radius 1 is 1.04 bits per heavy atom. The molecular formula is C24H29NO. The maximum absolute atomic E-state index is 12.3. The molecule has 3 rings (SSSR count). The fourth-order valence-electron chi connectivity index (χ4n) is 3.47. The lowest BCUT2D eigenvalue weighted by atomic mass is 9.87. The third kappa shape index (κ3) is 4.43. The molecule has 1 N–H and O–H groups in total. The highest BCUT2D eigenvalue weighted by Gasteiger charge is 2.14. The zero-order valence-electron chi connectivity index (χ0n) is 16.3. The second-order valence-corrected chi connectivity index (χ2v) is 8.32. The van der Waals surface area contributed by atoms with Crippen LogP contribution in [-0.4, -0.2) is 5.91 Å². The van der Waals surface area contributed by atoms with E-state index in [9.17, 15) is 4.79 Å². The molecule has 0 aliphatic heterocycles. The Hall–Kier alpha value is -2.35. The highest BCUT2D eigenvalue weighted by atomic mass is 16.1. The molecule has 2 aromatic rings. The van der Waals surface area contributed by atoms with Crippen molar-refractivity contribution in [3.05, 3.63) is 76.4 Å². The number of nitrogens with one attached hydrogen (secondary N) is 1. The minimum atomic E-state index is -0.0575. The number of hydrogen-bond acceptors (Lipinski definition) is 1. The van der Waals surface area contributed by atoms with E-state index in [0.29, 0.717) is 0 Å². The number of aryl methyl sites for hydroxylation is 2. The third-order valence-electron chi connectivity index (χ3n) is 5.19. The SMILES string of the molecule is CC(NC(=O)/C=C/c1ccc(C(C)(C)C)cc1)c1ccc2c(c1)CCC2. The van der Waals surface area contributed by atoms with Crippen molar-refractivity contribution in [2.24, 2.45) is 0 Å². The first kappa shape index (κ1) is 18.4. The molecule has 0 radical (unpaired) electrons. The van der Waals surface area contributed by atoms with Crippen LogP contribution in [0.1, 0.15) is 68.0 Å². The van der Waals surface area contributed by atoms with Crippen molar-refractivity contribution in [2.75, 3.05) is 0 Å². The van der Waals surface area contributed by atoms with Gasteiger partial charge in [-0.1, -0.05) is 63.2 Å². The van der Waals surface area contributed by atoms with E-state index in [0.717, 1.165) is 12.0 Å². The molecule has 1 aliphatic carbocycles. The van der Waals surface area contributed by atoms with Crippen molar-refractivity contribution in [3.8, 4) is 0 Å². The molecule has 0 fully saturated rings. The van der Waals surface area contributed by atoms with Gasteiger partial charge in [0.1, 0.15) is 0 Å². The van der Waals surface area contributed by atoms with Gasteiger partial charge in [0, 0.05) is 6.08 Å². The summed E-state index contributed by atoms with van der Waals surface area (Å²) in [6.45, 7) is 8.64. The molecule has 0 heterocycles. The van der Waals surface area contributed by atoms with Crippen LogP contribution < -0.4 is 5.32 Å². The van der Waals surface area contributed by atoms with Gasteiger partial charge in [0.05, 0.1) is 6.04 Å². The van der Waals surface area contributed by atoms with Gasteiger partial charge in [0.15, 0.2) is 0 Å². The fourth-order valence-corrected chi connectivity index (χ4v) is 3.47. The van der Waals surface area contributed by atoms with E-state index in [4.69, 9.17) is 0 Å². The second-order valence-electron chi connectivity index (χ2n) is 8.32. The Bertz CT molecular complexity index is 809. The number of rotatable bonds is 4. The number of hydrogen-bond donors (Lipinski definition) is 1. The summed E-state index contributed by atoms with van der Waals surface area (Å²) in [7, 11) is 0. The summed E-state index contributed by atoms with van der Waals surface area (Å²) in [6.07, 6.45) is 7.09. The monoisotopic (exact) mass is 347 g/mol. The highest BCUT2D eigenvalue weighted by Crippen LogP contribution is 2.25.